The number of carbonyl (C=O) groups excluding carboxylic acids is 1. The summed E-state index contributed by atoms with van der Waals surface area (Å²) in [6.07, 6.45) is 1.27. The van der Waals surface area contributed by atoms with Crippen molar-refractivity contribution >= 4 is 34.9 Å². The van der Waals surface area contributed by atoms with Gasteiger partial charge >= 0.3 is 5.97 Å². The first-order valence-corrected chi connectivity index (χ1v) is 6.42. The minimum absolute atomic E-state index is 0.0279. The van der Waals surface area contributed by atoms with Gasteiger partial charge in [0, 0.05) is 17.8 Å². The van der Waals surface area contributed by atoms with Crippen LogP contribution >= 0.6 is 23.2 Å². The molecule has 0 N–H and O–H groups in total. The zero-order valence-electron chi connectivity index (χ0n) is 10.7. The molecular formula is C13H8Cl2N2O4. The third kappa shape index (κ3) is 3.48. The van der Waals surface area contributed by atoms with Crippen LogP contribution in [0.15, 0.2) is 30.5 Å². The van der Waals surface area contributed by atoms with Gasteiger partial charge in [0.1, 0.15) is 5.02 Å². The maximum Gasteiger partial charge on any atom is 0.345 e. The van der Waals surface area contributed by atoms with Crippen LogP contribution in [-0.2, 0) is 0 Å². The van der Waals surface area contributed by atoms with Crippen LogP contribution in [0.4, 0.5) is 5.69 Å². The molecule has 6 nitrogen and oxygen atoms in total. The fourth-order valence-electron chi connectivity index (χ4n) is 1.56. The molecular weight excluding hydrogens is 319 g/mol. The molecule has 0 saturated heterocycles. The molecule has 8 heteroatoms. The normalized spacial score (nSPS) is 10.2. The molecule has 0 atom stereocenters. The van der Waals surface area contributed by atoms with Gasteiger partial charge in [-0.1, -0.05) is 29.3 Å². The SMILES string of the molecule is Cc1ccc(C(=O)Oc2ncc(Cl)cc2Cl)cc1[N+](=O)[O-]. The van der Waals surface area contributed by atoms with Gasteiger partial charge in [-0.3, -0.25) is 10.1 Å². The summed E-state index contributed by atoms with van der Waals surface area (Å²) in [7, 11) is 0. The zero-order valence-corrected chi connectivity index (χ0v) is 12.2. The Labute approximate surface area is 129 Å². The summed E-state index contributed by atoms with van der Waals surface area (Å²) in [6.45, 7) is 1.57. The molecule has 0 fully saturated rings. The van der Waals surface area contributed by atoms with Crippen LogP contribution in [0.3, 0.4) is 0 Å². The van der Waals surface area contributed by atoms with E-state index < -0.39 is 10.9 Å². The third-order valence-electron chi connectivity index (χ3n) is 2.60. The van der Waals surface area contributed by atoms with Crippen molar-refractivity contribution in [3.05, 3.63) is 61.7 Å². The molecule has 1 heterocycles. The molecule has 108 valence electrons. The van der Waals surface area contributed by atoms with E-state index in [0.717, 1.165) is 6.07 Å². The number of hydrogen-bond acceptors (Lipinski definition) is 5. The average Bonchev–Trinajstić information content (AvgIpc) is 2.42. The first kappa shape index (κ1) is 15.2. The minimum atomic E-state index is -0.796. The van der Waals surface area contributed by atoms with Crippen LogP contribution in [0.2, 0.25) is 10.0 Å². The van der Waals surface area contributed by atoms with E-state index in [0.29, 0.717) is 10.6 Å². The van der Waals surface area contributed by atoms with Crippen molar-refractivity contribution in [1.29, 1.82) is 0 Å². The number of rotatable bonds is 3. The van der Waals surface area contributed by atoms with Gasteiger partial charge in [-0.2, -0.15) is 0 Å². The lowest BCUT2D eigenvalue weighted by Crippen LogP contribution is -2.10. The summed E-state index contributed by atoms with van der Waals surface area (Å²) in [5, 5.41) is 11.2. The highest BCUT2D eigenvalue weighted by Crippen LogP contribution is 2.26. The molecule has 0 unspecified atom stereocenters. The minimum Gasteiger partial charge on any atom is -0.402 e. The Bertz CT molecular complexity index is 734. The van der Waals surface area contributed by atoms with Gasteiger partial charge in [-0.05, 0) is 19.1 Å². The van der Waals surface area contributed by atoms with Crippen molar-refractivity contribution in [2.24, 2.45) is 0 Å². The molecule has 2 rings (SSSR count). The molecule has 0 aliphatic heterocycles. The number of pyridine rings is 1. The molecule has 0 bridgehead atoms. The molecule has 0 radical (unpaired) electrons. The van der Waals surface area contributed by atoms with Crippen molar-refractivity contribution in [3.8, 4) is 5.88 Å². The maximum atomic E-state index is 12.0. The molecule has 2 aromatic rings. The van der Waals surface area contributed by atoms with Crippen LogP contribution < -0.4 is 4.74 Å². The van der Waals surface area contributed by atoms with Crippen LogP contribution in [0.25, 0.3) is 0 Å². The molecule has 0 aliphatic carbocycles. The Morgan fingerprint density at radius 3 is 2.67 bits per heavy atom. The number of halogens is 2. The van der Waals surface area contributed by atoms with E-state index in [2.05, 4.69) is 4.98 Å². The Morgan fingerprint density at radius 2 is 2.05 bits per heavy atom. The number of nitro benzene ring substituents is 1. The van der Waals surface area contributed by atoms with Gasteiger partial charge in [0.2, 0.25) is 5.88 Å². The van der Waals surface area contributed by atoms with Crippen molar-refractivity contribution in [1.82, 2.24) is 4.98 Å². The Balaban J connectivity index is 2.28. The van der Waals surface area contributed by atoms with Crippen LogP contribution in [0.5, 0.6) is 5.88 Å². The molecule has 21 heavy (non-hydrogen) atoms. The number of benzene rings is 1. The lowest BCUT2D eigenvalue weighted by molar-refractivity contribution is -0.385. The number of ether oxygens (including phenoxy) is 1. The average molecular weight is 327 g/mol. The summed E-state index contributed by atoms with van der Waals surface area (Å²) >= 11 is 11.5. The van der Waals surface area contributed by atoms with Gasteiger partial charge in [-0.25, -0.2) is 9.78 Å². The summed E-state index contributed by atoms with van der Waals surface area (Å²) in [6, 6.07) is 5.40. The first-order valence-electron chi connectivity index (χ1n) is 5.66. The fourth-order valence-corrected chi connectivity index (χ4v) is 1.98. The Hall–Kier alpha value is -2.18. The van der Waals surface area contributed by atoms with Gasteiger partial charge in [0.25, 0.3) is 5.69 Å². The smallest absolute Gasteiger partial charge is 0.345 e. The molecule has 0 saturated carbocycles. The molecule has 0 aliphatic rings. The lowest BCUT2D eigenvalue weighted by Gasteiger charge is -2.06. The van der Waals surface area contributed by atoms with Gasteiger partial charge in [-0.15, -0.1) is 0 Å². The van der Waals surface area contributed by atoms with Gasteiger partial charge < -0.3 is 4.74 Å². The van der Waals surface area contributed by atoms with Crippen molar-refractivity contribution < 1.29 is 14.5 Å². The third-order valence-corrected chi connectivity index (χ3v) is 3.08. The van der Waals surface area contributed by atoms with E-state index in [1.165, 1.54) is 24.4 Å². The van der Waals surface area contributed by atoms with Gasteiger partial charge in [0.15, 0.2) is 0 Å². The standard InChI is InChI=1S/C13H8Cl2N2O4/c1-7-2-3-8(4-11(7)17(19)20)13(18)21-12-10(15)5-9(14)6-16-12/h2-6H,1H3. The topological polar surface area (TPSA) is 82.3 Å². The zero-order chi connectivity index (χ0) is 15.6. The molecule has 1 aromatic heterocycles. The first-order chi connectivity index (χ1) is 9.88. The van der Waals surface area contributed by atoms with E-state index in [4.69, 9.17) is 27.9 Å². The summed E-state index contributed by atoms with van der Waals surface area (Å²) in [5.74, 6) is -0.913. The Kier molecular flexibility index (Phi) is 4.40. The number of hydrogen-bond donors (Lipinski definition) is 0. The van der Waals surface area contributed by atoms with E-state index >= 15 is 0 Å². The van der Waals surface area contributed by atoms with E-state index in [1.807, 2.05) is 0 Å². The second kappa shape index (κ2) is 6.07. The molecule has 0 spiro atoms. The number of esters is 1. The van der Waals surface area contributed by atoms with Crippen molar-refractivity contribution in [3.63, 3.8) is 0 Å². The number of aryl methyl sites for hydroxylation is 1. The number of nitro groups is 1. The summed E-state index contributed by atoms with van der Waals surface area (Å²) in [5.41, 5.74) is 0.305. The highest BCUT2D eigenvalue weighted by molar-refractivity contribution is 6.35. The Morgan fingerprint density at radius 1 is 1.33 bits per heavy atom. The summed E-state index contributed by atoms with van der Waals surface area (Å²) in [4.78, 5) is 26.0. The molecule has 1 aromatic carbocycles. The van der Waals surface area contributed by atoms with Crippen molar-refractivity contribution in [2.45, 2.75) is 6.92 Å². The second-order valence-electron chi connectivity index (χ2n) is 4.09. The number of carbonyl (C=O) groups is 1. The van der Waals surface area contributed by atoms with Crippen LogP contribution in [-0.4, -0.2) is 15.9 Å². The monoisotopic (exact) mass is 326 g/mol. The molecule has 0 amide bonds. The predicted molar refractivity (Wildman–Crippen MR) is 77.0 cm³/mol. The van der Waals surface area contributed by atoms with Crippen LogP contribution in [0.1, 0.15) is 15.9 Å². The summed E-state index contributed by atoms with van der Waals surface area (Å²) < 4.78 is 5.00. The van der Waals surface area contributed by atoms with E-state index in [9.17, 15) is 14.9 Å². The number of nitrogens with zero attached hydrogens (tertiary/aromatic N) is 2. The van der Waals surface area contributed by atoms with Crippen LogP contribution in [0, 0.1) is 17.0 Å². The van der Waals surface area contributed by atoms with Gasteiger partial charge in [0.05, 0.1) is 15.5 Å². The fraction of sp³-hybridized carbons (Fsp3) is 0.0769. The highest BCUT2D eigenvalue weighted by atomic mass is 35.5. The maximum absolute atomic E-state index is 12.0. The highest BCUT2D eigenvalue weighted by Gasteiger charge is 2.18. The lowest BCUT2D eigenvalue weighted by atomic mass is 10.1. The number of aromatic nitrogens is 1. The largest absolute Gasteiger partial charge is 0.402 e. The van der Waals surface area contributed by atoms with E-state index in [-0.39, 0.29) is 22.2 Å². The predicted octanol–water partition coefficient (Wildman–Crippen LogP) is 3.82. The van der Waals surface area contributed by atoms with Crippen molar-refractivity contribution in [2.75, 3.05) is 0 Å². The quantitative estimate of drug-likeness (QED) is 0.486. The van der Waals surface area contributed by atoms with E-state index in [1.54, 1.807) is 6.92 Å². The second-order valence-corrected chi connectivity index (χ2v) is 4.93.